The molecular weight excluding hydrogens is 352 g/mol. The topological polar surface area (TPSA) is 58.1 Å². The zero-order chi connectivity index (χ0) is 19.4. The molecule has 0 amide bonds. The number of nitrogens with zero attached hydrogens (tertiary/aromatic N) is 2. The highest BCUT2D eigenvalue weighted by atomic mass is 16.5. The highest BCUT2D eigenvalue weighted by Gasteiger charge is 2.20. The molecule has 0 atom stereocenters. The van der Waals surface area contributed by atoms with E-state index in [1.54, 1.807) is 0 Å². The van der Waals surface area contributed by atoms with E-state index in [1.165, 1.54) is 5.69 Å². The van der Waals surface area contributed by atoms with E-state index < -0.39 is 0 Å². The van der Waals surface area contributed by atoms with Crippen molar-refractivity contribution in [3.8, 4) is 0 Å². The van der Waals surface area contributed by atoms with E-state index in [2.05, 4.69) is 50.9 Å². The molecule has 0 radical (unpaired) electrons. The fourth-order valence-corrected chi connectivity index (χ4v) is 3.85. The predicted molar refractivity (Wildman–Crippen MR) is 115 cm³/mol. The minimum Gasteiger partial charge on any atom is -0.381 e. The Kier molecular flexibility index (Phi) is 8.91. The standard InChI is InChI=1S/C22H36N4O2/c1-23-22(24-12-5-15-28-18-19-10-16-27-17-11-19)25-20-8-13-26(14-9-20)21-6-3-2-4-7-21/h2-4,6-7,19-20H,5,8-18H2,1H3,(H2,23,24,25). The van der Waals surface area contributed by atoms with Crippen molar-refractivity contribution in [2.24, 2.45) is 10.9 Å². The predicted octanol–water partition coefficient (Wildman–Crippen LogP) is 2.65. The summed E-state index contributed by atoms with van der Waals surface area (Å²) in [6.45, 7) is 6.50. The van der Waals surface area contributed by atoms with E-state index in [9.17, 15) is 0 Å². The SMILES string of the molecule is CN=C(NCCCOCC1CCOCC1)NC1CCN(c2ccccc2)CC1. The van der Waals surface area contributed by atoms with Gasteiger partial charge in [-0.05, 0) is 50.2 Å². The van der Waals surface area contributed by atoms with Crippen molar-refractivity contribution < 1.29 is 9.47 Å². The number of benzene rings is 1. The summed E-state index contributed by atoms with van der Waals surface area (Å²) in [5.41, 5.74) is 1.32. The summed E-state index contributed by atoms with van der Waals surface area (Å²) in [4.78, 5) is 6.84. The van der Waals surface area contributed by atoms with Gasteiger partial charge in [0.1, 0.15) is 0 Å². The third-order valence-electron chi connectivity index (χ3n) is 5.63. The first-order valence-corrected chi connectivity index (χ1v) is 10.8. The number of rotatable bonds is 8. The van der Waals surface area contributed by atoms with Crippen LogP contribution < -0.4 is 15.5 Å². The Morgan fingerprint density at radius 1 is 1.14 bits per heavy atom. The maximum Gasteiger partial charge on any atom is 0.191 e. The third kappa shape index (κ3) is 6.99. The molecule has 0 saturated carbocycles. The molecular formula is C22H36N4O2. The lowest BCUT2D eigenvalue weighted by atomic mass is 10.0. The van der Waals surface area contributed by atoms with E-state index in [0.29, 0.717) is 12.0 Å². The van der Waals surface area contributed by atoms with Gasteiger partial charge in [0.05, 0.1) is 0 Å². The number of hydrogen-bond acceptors (Lipinski definition) is 4. The smallest absolute Gasteiger partial charge is 0.191 e. The monoisotopic (exact) mass is 388 g/mol. The van der Waals surface area contributed by atoms with Crippen LogP contribution >= 0.6 is 0 Å². The zero-order valence-corrected chi connectivity index (χ0v) is 17.2. The zero-order valence-electron chi connectivity index (χ0n) is 17.2. The van der Waals surface area contributed by atoms with E-state index in [-0.39, 0.29) is 0 Å². The molecule has 0 aromatic heterocycles. The number of nitrogens with one attached hydrogen (secondary N) is 2. The average Bonchev–Trinajstić information content (AvgIpc) is 2.77. The van der Waals surface area contributed by atoms with Crippen LogP contribution in [0.5, 0.6) is 0 Å². The van der Waals surface area contributed by atoms with E-state index in [0.717, 1.165) is 84.1 Å². The van der Waals surface area contributed by atoms with Gasteiger partial charge < -0.3 is 25.0 Å². The summed E-state index contributed by atoms with van der Waals surface area (Å²) in [5.74, 6) is 1.58. The van der Waals surface area contributed by atoms with Gasteiger partial charge in [-0.2, -0.15) is 0 Å². The van der Waals surface area contributed by atoms with Gasteiger partial charge in [-0.1, -0.05) is 18.2 Å². The molecule has 0 bridgehead atoms. The van der Waals surface area contributed by atoms with Gasteiger partial charge in [-0.15, -0.1) is 0 Å². The molecule has 6 nitrogen and oxygen atoms in total. The lowest BCUT2D eigenvalue weighted by Crippen LogP contribution is -2.49. The number of ether oxygens (including phenoxy) is 2. The molecule has 0 spiro atoms. The number of aliphatic imine (C=N–C) groups is 1. The van der Waals surface area contributed by atoms with Crippen LogP contribution in [0, 0.1) is 5.92 Å². The number of para-hydroxylation sites is 1. The van der Waals surface area contributed by atoms with Gasteiger partial charge in [0.25, 0.3) is 0 Å². The van der Waals surface area contributed by atoms with Gasteiger partial charge in [-0.3, -0.25) is 4.99 Å². The van der Waals surface area contributed by atoms with Crippen LogP contribution in [0.25, 0.3) is 0 Å². The first-order valence-electron chi connectivity index (χ1n) is 10.8. The largest absolute Gasteiger partial charge is 0.381 e. The third-order valence-corrected chi connectivity index (χ3v) is 5.63. The molecule has 0 aliphatic carbocycles. The second-order valence-electron chi connectivity index (χ2n) is 7.72. The summed E-state index contributed by atoms with van der Waals surface area (Å²) in [6, 6.07) is 11.2. The molecule has 0 unspecified atom stereocenters. The van der Waals surface area contributed by atoms with Crippen LogP contribution in [0.4, 0.5) is 5.69 Å². The maximum atomic E-state index is 5.83. The fourth-order valence-electron chi connectivity index (χ4n) is 3.85. The van der Waals surface area contributed by atoms with Gasteiger partial charge in [0.15, 0.2) is 5.96 Å². The van der Waals surface area contributed by atoms with Gasteiger partial charge in [0, 0.05) is 64.8 Å². The van der Waals surface area contributed by atoms with E-state index in [4.69, 9.17) is 9.47 Å². The Bertz CT molecular complexity index is 567. The molecule has 156 valence electrons. The van der Waals surface area contributed by atoms with Crippen molar-refractivity contribution in [1.29, 1.82) is 0 Å². The quantitative estimate of drug-likeness (QED) is 0.407. The lowest BCUT2D eigenvalue weighted by Gasteiger charge is -2.34. The van der Waals surface area contributed by atoms with Crippen molar-refractivity contribution in [2.45, 2.75) is 38.1 Å². The Morgan fingerprint density at radius 2 is 1.89 bits per heavy atom. The molecule has 6 heteroatoms. The van der Waals surface area contributed by atoms with Crippen molar-refractivity contribution in [3.05, 3.63) is 30.3 Å². The van der Waals surface area contributed by atoms with Gasteiger partial charge in [-0.25, -0.2) is 0 Å². The Balaban J connectivity index is 1.25. The van der Waals surface area contributed by atoms with Crippen LogP contribution in [0.2, 0.25) is 0 Å². The highest BCUT2D eigenvalue weighted by Crippen LogP contribution is 2.19. The Hall–Kier alpha value is -1.79. The molecule has 2 heterocycles. The fraction of sp³-hybridized carbons (Fsp3) is 0.682. The van der Waals surface area contributed by atoms with E-state index >= 15 is 0 Å². The first-order chi connectivity index (χ1) is 13.8. The van der Waals surface area contributed by atoms with Crippen LogP contribution in [-0.4, -0.2) is 65.1 Å². The molecule has 1 aromatic carbocycles. The van der Waals surface area contributed by atoms with Gasteiger partial charge >= 0.3 is 0 Å². The Labute approximate surface area is 169 Å². The van der Waals surface area contributed by atoms with Crippen LogP contribution in [0.3, 0.4) is 0 Å². The summed E-state index contributed by atoms with van der Waals surface area (Å²) >= 11 is 0. The van der Waals surface area contributed by atoms with E-state index in [1.807, 2.05) is 7.05 Å². The van der Waals surface area contributed by atoms with Crippen molar-refractivity contribution in [1.82, 2.24) is 10.6 Å². The molecule has 2 N–H and O–H groups in total. The molecule has 2 saturated heterocycles. The molecule has 28 heavy (non-hydrogen) atoms. The van der Waals surface area contributed by atoms with Crippen LogP contribution in [0.1, 0.15) is 32.1 Å². The second kappa shape index (κ2) is 11.9. The van der Waals surface area contributed by atoms with Gasteiger partial charge in [0.2, 0.25) is 0 Å². The molecule has 2 fully saturated rings. The summed E-state index contributed by atoms with van der Waals surface area (Å²) < 4.78 is 11.2. The second-order valence-corrected chi connectivity index (χ2v) is 7.72. The summed E-state index contributed by atoms with van der Waals surface area (Å²) in [5, 5.41) is 7.00. The molecule has 2 aliphatic rings. The molecule has 1 aromatic rings. The molecule has 2 aliphatic heterocycles. The Morgan fingerprint density at radius 3 is 2.61 bits per heavy atom. The van der Waals surface area contributed by atoms with Crippen LogP contribution in [0.15, 0.2) is 35.3 Å². The number of anilines is 1. The van der Waals surface area contributed by atoms with Crippen molar-refractivity contribution in [2.75, 3.05) is 58.0 Å². The van der Waals surface area contributed by atoms with Crippen LogP contribution in [-0.2, 0) is 9.47 Å². The summed E-state index contributed by atoms with van der Waals surface area (Å²) in [7, 11) is 1.84. The minimum absolute atomic E-state index is 0.482. The lowest BCUT2D eigenvalue weighted by molar-refractivity contribution is 0.0203. The number of hydrogen-bond donors (Lipinski definition) is 2. The summed E-state index contributed by atoms with van der Waals surface area (Å²) in [6.07, 6.45) is 5.53. The minimum atomic E-state index is 0.482. The number of piperidine rings is 1. The first kappa shape index (κ1) is 20.9. The van der Waals surface area contributed by atoms with Crippen molar-refractivity contribution in [3.63, 3.8) is 0 Å². The average molecular weight is 389 g/mol. The number of guanidine groups is 1. The highest BCUT2D eigenvalue weighted by molar-refractivity contribution is 5.79. The normalized spacial score (nSPS) is 19.6. The molecule has 3 rings (SSSR count). The maximum absolute atomic E-state index is 5.83. The van der Waals surface area contributed by atoms with Crippen molar-refractivity contribution >= 4 is 11.6 Å².